The number of carbonyl (C=O) groups is 2. The van der Waals surface area contributed by atoms with E-state index in [1.165, 1.54) is 13.3 Å². The Bertz CT molecular complexity index is 861. The van der Waals surface area contributed by atoms with E-state index in [1.807, 2.05) is 0 Å². The van der Waals surface area contributed by atoms with Crippen LogP contribution >= 0.6 is 0 Å². The van der Waals surface area contributed by atoms with Crippen LogP contribution in [0.3, 0.4) is 0 Å². The molecule has 152 valence electrons. The quantitative estimate of drug-likeness (QED) is 0.567. The lowest BCUT2D eigenvalue weighted by molar-refractivity contribution is -0.137. The van der Waals surface area contributed by atoms with Gasteiger partial charge in [0.1, 0.15) is 11.5 Å². The number of hydrazone groups is 1. The molecule has 1 heterocycles. The number of carbonyl (C=O) groups excluding carboxylic acids is 2. The topological polar surface area (TPSA) is 89.5 Å². The smallest absolute Gasteiger partial charge is 0.275 e. The molecule has 0 saturated carbocycles. The van der Waals surface area contributed by atoms with Gasteiger partial charge in [-0.05, 0) is 42.0 Å². The van der Waals surface area contributed by atoms with Crippen LogP contribution in [-0.4, -0.2) is 62.9 Å². The van der Waals surface area contributed by atoms with Crippen molar-refractivity contribution < 1.29 is 23.8 Å². The predicted molar refractivity (Wildman–Crippen MR) is 107 cm³/mol. The minimum absolute atomic E-state index is 0.0115. The monoisotopic (exact) mass is 397 g/mol. The zero-order valence-electron chi connectivity index (χ0n) is 16.2. The lowest BCUT2D eigenvalue weighted by Gasteiger charge is -2.26. The summed E-state index contributed by atoms with van der Waals surface area (Å²) >= 11 is 0. The van der Waals surface area contributed by atoms with Crippen LogP contribution in [0.25, 0.3) is 0 Å². The fourth-order valence-electron chi connectivity index (χ4n) is 2.76. The zero-order valence-corrected chi connectivity index (χ0v) is 16.2. The van der Waals surface area contributed by atoms with Crippen molar-refractivity contribution in [2.45, 2.75) is 0 Å². The number of ether oxygens (including phenoxy) is 3. The zero-order chi connectivity index (χ0) is 20.5. The molecule has 2 amide bonds. The first kappa shape index (κ1) is 20.3. The molecule has 0 radical (unpaired) electrons. The Morgan fingerprint density at radius 1 is 1.14 bits per heavy atom. The molecule has 8 heteroatoms. The molecule has 2 aromatic rings. The molecule has 1 saturated heterocycles. The van der Waals surface area contributed by atoms with Crippen molar-refractivity contribution >= 4 is 18.0 Å². The molecule has 2 aromatic carbocycles. The van der Waals surface area contributed by atoms with Gasteiger partial charge in [0, 0.05) is 13.1 Å². The molecular weight excluding hydrogens is 374 g/mol. The van der Waals surface area contributed by atoms with Gasteiger partial charge in [-0.3, -0.25) is 9.59 Å². The second-order valence-electron chi connectivity index (χ2n) is 6.25. The predicted octanol–water partition coefficient (Wildman–Crippen LogP) is 1.70. The average Bonchev–Trinajstić information content (AvgIpc) is 2.78. The minimum Gasteiger partial charge on any atom is -0.496 e. The van der Waals surface area contributed by atoms with Crippen LogP contribution in [0.1, 0.15) is 15.9 Å². The van der Waals surface area contributed by atoms with Crippen LogP contribution in [-0.2, 0) is 9.53 Å². The van der Waals surface area contributed by atoms with Crippen LogP contribution in [0.2, 0.25) is 0 Å². The van der Waals surface area contributed by atoms with E-state index in [4.69, 9.17) is 14.2 Å². The number of morpholine rings is 1. The number of para-hydroxylation sites is 1. The van der Waals surface area contributed by atoms with Crippen LogP contribution in [0.5, 0.6) is 11.5 Å². The van der Waals surface area contributed by atoms with Crippen molar-refractivity contribution in [3.8, 4) is 11.5 Å². The van der Waals surface area contributed by atoms with Gasteiger partial charge in [0.05, 0.1) is 32.1 Å². The van der Waals surface area contributed by atoms with Gasteiger partial charge in [0.25, 0.3) is 11.8 Å². The lowest BCUT2D eigenvalue weighted by Crippen LogP contribution is -2.42. The first-order chi connectivity index (χ1) is 14.2. The Labute approximate surface area is 169 Å². The second kappa shape index (κ2) is 10.2. The Morgan fingerprint density at radius 2 is 1.86 bits per heavy atom. The molecule has 0 unspecified atom stereocenters. The highest BCUT2D eigenvalue weighted by molar-refractivity contribution is 5.97. The highest BCUT2D eigenvalue weighted by Gasteiger charge is 2.17. The molecule has 0 spiro atoms. The maximum Gasteiger partial charge on any atom is 0.275 e. The number of rotatable bonds is 7. The van der Waals surface area contributed by atoms with Gasteiger partial charge < -0.3 is 19.1 Å². The van der Waals surface area contributed by atoms with Crippen molar-refractivity contribution in [1.29, 1.82) is 0 Å². The van der Waals surface area contributed by atoms with E-state index in [9.17, 15) is 9.59 Å². The fourth-order valence-corrected chi connectivity index (χ4v) is 2.76. The molecule has 1 N–H and O–H groups in total. The normalized spacial score (nSPS) is 13.9. The summed E-state index contributed by atoms with van der Waals surface area (Å²) in [6, 6.07) is 14.0. The Hall–Kier alpha value is -3.39. The van der Waals surface area contributed by atoms with Crippen molar-refractivity contribution in [2.75, 3.05) is 40.0 Å². The number of methoxy groups -OCH3 is 1. The number of benzene rings is 2. The SMILES string of the molecule is COc1ccccc1C(=O)N/N=C\c1ccc(OCC(=O)N2CCOCC2)cc1. The van der Waals surface area contributed by atoms with Crippen LogP contribution in [0.15, 0.2) is 53.6 Å². The highest BCUT2D eigenvalue weighted by Crippen LogP contribution is 2.16. The molecule has 0 atom stereocenters. The summed E-state index contributed by atoms with van der Waals surface area (Å²) in [7, 11) is 1.51. The van der Waals surface area contributed by atoms with Crippen molar-refractivity contribution in [3.05, 3.63) is 59.7 Å². The molecule has 1 fully saturated rings. The number of amides is 2. The Kier molecular flexibility index (Phi) is 7.18. The molecule has 0 bridgehead atoms. The molecule has 1 aliphatic rings. The first-order valence-corrected chi connectivity index (χ1v) is 9.22. The second-order valence-corrected chi connectivity index (χ2v) is 6.25. The number of nitrogens with zero attached hydrogens (tertiary/aromatic N) is 2. The summed E-state index contributed by atoms with van der Waals surface area (Å²) in [6.07, 6.45) is 1.52. The lowest BCUT2D eigenvalue weighted by atomic mass is 10.2. The van der Waals surface area contributed by atoms with E-state index < -0.39 is 0 Å². The molecular formula is C21H23N3O5. The van der Waals surface area contributed by atoms with E-state index >= 15 is 0 Å². The van der Waals surface area contributed by atoms with Gasteiger partial charge >= 0.3 is 0 Å². The highest BCUT2D eigenvalue weighted by atomic mass is 16.5. The maximum atomic E-state index is 12.2. The fraction of sp³-hybridized carbons (Fsp3) is 0.286. The van der Waals surface area contributed by atoms with E-state index in [-0.39, 0.29) is 18.4 Å². The van der Waals surface area contributed by atoms with Crippen LogP contribution < -0.4 is 14.9 Å². The van der Waals surface area contributed by atoms with E-state index in [0.717, 1.165) is 5.56 Å². The third-order valence-corrected chi connectivity index (χ3v) is 4.34. The Morgan fingerprint density at radius 3 is 2.59 bits per heavy atom. The van der Waals surface area contributed by atoms with Crippen molar-refractivity contribution in [2.24, 2.45) is 5.10 Å². The summed E-state index contributed by atoms with van der Waals surface area (Å²) in [4.78, 5) is 26.0. The van der Waals surface area contributed by atoms with Gasteiger partial charge in [-0.1, -0.05) is 12.1 Å². The van der Waals surface area contributed by atoms with E-state index in [2.05, 4.69) is 10.5 Å². The first-order valence-electron chi connectivity index (χ1n) is 9.22. The molecule has 29 heavy (non-hydrogen) atoms. The van der Waals surface area contributed by atoms with Gasteiger partial charge in [0.2, 0.25) is 0 Å². The summed E-state index contributed by atoms with van der Waals surface area (Å²) in [5, 5.41) is 3.96. The summed E-state index contributed by atoms with van der Waals surface area (Å²) < 4.78 is 15.9. The standard InChI is InChI=1S/C21H23N3O5/c1-27-19-5-3-2-4-18(19)21(26)23-22-14-16-6-8-17(9-7-16)29-15-20(25)24-10-12-28-13-11-24/h2-9,14H,10-13,15H2,1H3,(H,23,26)/b22-14-. The molecule has 8 nitrogen and oxygen atoms in total. The summed E-state index contributed by atoms with van der Waals surface area (Å²) in [5.74, 6) is 0.647. The molecule has 0 aliphatic carbocycles. The van der Waals surface area contributed by atoms with Crippen LogP contribution in [0.4, 0.5) is 0 Å². The third kappa shape index (κ3) is 5.79. The van der Waals surface area contributed by atoms with Crippen molar-refractivity contribution in [1.82, 2.24) is 10.3 Å². The van der Waals surface area contributed by atoms with Crippen LogP contribution in [0, 0.1) is 0 Å². The number of nitrogens with one attached hydrogen (secondary N) is 1. The molecule has 1 aliphatic heterocycles. The largest absolute Gasteiger partial charge is 0.496 e. The van der Waals surface area contributed by atoms with E-state index in [0.29, 0.717) is 43.4 Å². The number of hydrogen-bond acceptors (Lipinski definition) is 6. The van der Waals surface area contributed by atoms with E-state index in [1.54, 1.807) is 53.4 Å². The summed E-state index contributed by atoms with van der Waals surface area (Å²) in [5.41, 5.74) is 3.65. The average molecular weight is 397 g/mol. The van der Waals surface area contributed by atoms with Gasteiger partial charge in [-0.15, -0.1) is 0 Å². The Balaban J connectivity index is 1.48. The number of hydrogen-bond donors (Lipinski definition) is 1. The van der Waals surface area contributed by atoms with Gasteiger partial charge in [0.15, 0.2) is 6.61 Å². The van der Waals surface area contributed by atoms with Crippen molar-refractivity contribution in [3.63, 3.8) is 0 Å². The minimum atomic E-state index is -0.361. The third-order valence-electron chi connectivity index (χ3n) is 4.34. The molecule has 3 rings (SSSR count). The van der Waals surface area contributed by atoms with Gasteiger partial charge in [-0.25, -0.2) is 5.43 Å². The van der Waals surface area contributed by atoms with Gasteiger partial charge in [-0.2, -0.15) is 5.10 Å². The summed E-state index contributed by atoms with van der Waals surface area (Å²) in [6.45, 7) is 2.31. The maximum absolute atomic E-state index is 12.2. The molecule has 0 aromatic heterocycles.